The molecule has 2 N–H and O–H groups in total. The standard InChI is InChI=1S/C18H15NO4S2/c20-12(15-5-6-17(25-15)16-2-1-7-24-16)9-19-18(21)11-3-4-13-14(8-11)23-10-22-13/h1-8,12,20H,9-10H2,(H,19,21)/t12-/m0/s1. The molecule has 1 aromatic carbocycles. The molecule has 1 aliphatic rings. The third-order valence-electron chi connectivity index (χ3n) is 3.81. The van der Waals surface area contributed by atoms with Gasteiger partial charge in [-0.3, -0.25) is 4.79 Å². The molecule has 1 amide bonds. The first-order chi connectivity index (χ1) is 12.2. The number of fused-ring (bicyclic) bond motifs is 1. The molecule has 5 nitrogen and oxygen atoms in total. The molecule has 0 saturated carbocycles. The largest absolute Gasteiger partial charge is 0.454 e. The van der Waals surface area contributed by atoms with Crippen LogP contribution in [-0.2, 0) is 0 Å². The summed E-state index contributed by atoms with van der Waals surface area (Å²) in [4.78, 5) is 15.4. The molecule has 3 aromatic rings. The fourth-order valence-corrected chi connectivity index (χ4v) is 4.34. The SMILES string of the molecule is O=C(NC[C@H](O)c1ccc(-c2cccs2)s1)c1ccc2c(c1)OCO2. The van der Waals surface area contributed by atoms with Gasteiger partial charge in [-0.2, -0.15) is 0 Å². The van der Waals surface area contributed by atoms with Gasteiger partial charge in [0.05, 0.1) is 0 Å². The fraction of sp³-hybridized carbons (Fsp3) is 0.167. The van der Waals surface area contributed by atoms with Crippen molar-refractivity contribution in [2.45, 2.75) is 6.10 Å². The topological polar surface area (TPSA) is 67.8 Å². The maximum atomic E-state index is 12.3. The molecule has 0 aliphatic carbocycles. The highest BCUT2D eigenvalue weighted by Crippen LogP contribution is 2.34. The molecule has 1 aliphatic heterocycles. The van der Waals surface area contributed by atoms with Crippen LogP contribution in [0.15, 0.2) is 47.8 Å². The van der Waals surface area contributed by atoms with Crippen molar-refractivity contribution in [3.8, 4) is 21.3 Å². The summed E-state index contributed by atoms with van der Waals surface area (Å²) in [6.45, 7) is 0.321. The molecule has 7 heteroatoms. The van der Waals surface area contributed by atoms with E-state index in [2.05, 4.69) is 5.32 Å². The Kier molecular flexibility index (Phi) is 4.44. The van der Waals surface area contributed by atoms with Crippen molar-refractivity contribution in [2.75, 3.05) is 13.3 Å². The van der Waals surface area contributed by atoms with Crippen molar-refractivity contribution in [3.63, 3.8) is 0 Å². The minimum absolute atomic E-state index is 0.150. The zero-order chi connectivity index (χ0) is 17.2. The third kappa shape index (κ3) is 3.39. The van der Waals surface area contributed by atoms with Crippen LogP contribution in [0.5, 0.6) is 11.5 Å². The van der Waals surface area contributed by atoms with Gasteiger partial charge in [-0.1, -0.05) is 6.07 Å². The van der Waals surface area contributed by atoms with Crippen LogP contribution in [0.25, 0.3) is 9.75 Å². The van der Waals surface area contributed by atoms with Crippen LogP contribution in [0.1, 0.15) is 21.3 Å². The smallest absolute Gasteiger partial charge is 0.251 e. The lowest BCUT2D eigenvalue weighted by molar-refractivity contribution is 0.0917. The number of hydrogen-bond acceptors (Lipinski definition) is 6. The number of amides is 1. The number of aliphatic hydroxyl groups excluding tert-OH is 1. The zero-order valence-electron chi connectivity index (χ0n) is 13.1. The number of thiophene rings is 2. The molecule has 0 spiro atoms. The summed E-state index contributed by atoms with van der Waals surface area (Å²) in [6.07, 6.45) is -0.739. The van der Waals surface area contributed by atoms with Crippen LogP contribution in [0.3, 0.4) is 0 Å². The minimum Gasteiger partial charge on any atom is -0.454 e. The van der Waals surface area contributed by atoms with E-state index >= 15 is 0 Å². The van der Waals surface area contributed by atoms with Crippen LogP contribution in [0.4, 0.5) is 0 Å². The lowest BCUT2D eigenvalue weighted by atomic mass is 10.2. The molecule has 25 heavy (non-hydrogen) atoms. The molecule has 2 aromatic heterocycles. The molecule has 1 atom stereocenters. The average molecular weight is 373 g/mol. The Bertz CT molecular complexity index is 888. The zero-order valence-corrected chi connectivity index (χ0v) is 14.7. The van der Waals surface area contributed by atoms with Crippen molar-refractivity contribution in [2.24, 2.45) is 0 Å². The summed E-state index contributed by atoms with van der Waals surface area (Å²) in [5.74, 6) is 0.940. The second-order valence-corrected chi connectivity index (χ2v) is 7.54. The van der Waals surface area contributed by atoms with Crippen LogP contribution in [0.2, 0.25) is 0 Å². The van der Waals surface area contributed by atoms with Gasteiger partial charge in [0.25, 0.3) is 5.91 Å². The Morgan fingerprint density at radius 3 is 2.88 bits per heavy atom. The number of aliphatic hydroxyl groups is 1. The summed E-state index contributed by atoms with van der Waals surface area (Å²) < 4.78 is 10.5. The molecule has 4 rings (SSSR count). The summed E-state index contributed by atoms with van der Waals surface area (Å²) >= 11 is 3.20. The molecule has 3 heterocycles. The van der Waals surface area contributed by atoms with E-state index in [1.54, 1.807) is 29.5 Å². The molecule has 0 saturated heterocycles. The van der Waals surface area contributed by atoms with E-state index in [1.165, 1.54) is 16.2 Å². The van der Waals surface area contributed by atoms with Gasteiger partial charge < -0.3 is 19.9 Å². The van der Waals surface area contributed by atoms with E-state index in [0.29, 0.717) is 17.1 Å². The number of carbonyl (C=O) groups is 1. The number of rotatable bonds is 5. The number of nitrogens with one attached hydrogen (secondary N) is 1. The summed E-state index contributed by atoms with van der Waals surface area (Å²) in [6, 6.07) is 13.0. The number of carbonyl (C=O) groups excluding carboxylic acids is 1. The summed E-state index contributed by atoms with van der Waals surface area (Å²) in [5, 5.41) is 15.1. The predicted molar refractivity (Wildman–Crippen MR) is 97.5 cm³/mol. The van der Waals surface area contributed by atoms with E-state index in [-0.39, 0.29) is 19.2 Å². The van der Waals surface area contributed by atoms with Crippen LogP contribution in [0, 0.1) is 0 Å². The van der Waals surface area contributed by atoms with Gasteiger partial charge in [-0.25, -0.2) is 0 Å². The molecule has 0 bridgehead atoms. The highest BCUT2D eigenvalue weighted by Gasteiger charge is 2.18. The van der Waals surface area contributed by atoms with Gasteiger partial charge in [0, 0.05) is 26.7 Å². The Labute approximate surface area is 152 Å². The van der Waals surface area contributed by atoms with Gasteiger partial charge in [0.1, 0.15) is 6.10 Å². The maximum absolute atomic E-state index is 12.3. The van der Waals surface area contributed by atoms with Crippen molar-refractivity contribution in [3.05, 3.63) is 58.3 Å². The number of ether oxygens (including phenoxy) is 2. The lowest BCUT2D eigenvalue weighted by Crippen LogP contribution is -2.28. The highest BCUT2D eigenvalue weighted by molar-refractivity contribution is 7.21. The molecule has 128 valence electrons. The van der Waals surface area contributed by atoms with E-state index in [1.807, 2.05) is 29.6 Å². The normalized spacial score (nSPS) is 13.6. The molecule has 0 unspecified atom stereocenters. The van der Waals surface area contributed by atoms with Gasteiger partial charge in [-0.05, 0) is 41.8 Å². The average Bonchev–Trinajstić information content (AvgIpc) is 3.38. The Morgan fingerprint density at radius 2 is 2.04 bits per heavy atom. The molecule has 0 fully saturated rings. The molecular weight excluding hydrogens is 358 g/mol. The predicted octanol–water partition coefficient (Wildman–Crippen LogP) is 3.67. The van der Waals surface area contributed by atoms with Crippen LogP contribution in [-0.4, -0.2) is 24.4 Å². The quantitative estimate of drug-likeness (QED) is 0.716. The van der Waals surface area contributed by atoms with Crippen molar-refractivity contribution in [1.82, 2.24) is 5.32 Å². The van der Waals surface area contributed by atoms with Crippen molar-refractivity contribution < 1.29 is 19.4 Å². The van der Waals surface area contributed by atoms with E-state index in [0.717, 1.165) is 9.75 Å². The number of benzene rings is 1. The van der Waals surface area contributed by atoms with Gasteiger partial charge in [0.15, 0.2) is 11.5 Å². The van der Waals surface area contributed by atoms with Gasteiger partial charge in [-0.15, -0.1) is 22.7 Å². The van der Waals surface area contributed by atoms with Crippen LogP contribution < -0.4 is 14.8 Å². The van der Waals surface area contributed by atoms with Gasteiger partial charge in [0.2, 0.25) is 6.79 Å². The molecular formula is C18H15NO4S2. The first-order valence-electron chi connectivity index (χ1n) is 7.70. The minimum atomic E-state index is -0.739. The van der Waals surface area contributed by atoms with E-state index in [9.17, 15) is 9.90 Å². The molecule has 0 radical (unpaired) electrons. The Hall–Kier alpha value is -2.35. The lowest BCUT2D eigenvalue weighted by Gasteiger charge is -2.10. The maximum Gasteiger partial charge on any atom is 0.251 e. The highest BCUT2D eigenvalue weighted by atomic mass is 32.1. The second-order valence-electron chi connectivity index (χ2n) is 5.47. The van der Waals surface area contributed by atoms with Crippen molar-refractivity contribution in [1.29, 1.82) is 0 Å². The first-order valence-corrected chi connectivity index (χ1v) is 9.40. The second kappa shape index (κ2) is 6.87. The van der Waals surface area contributed by atoms with Crippen molar-refractivity contribution >= 4 is 28.6 Å². The van der Waals surface area contributed by atoms with Crippen LogP contribution >= 0.6 is 22.7 Å². The third-order valence-corrected chi connectivity index (χ3v) is 6.06. The van der Waals surface area contributed by atoms with E-state index in [4.69, 9.17) is 9.47 Å². The fourth-order valence-electron chi connectivity index (χ4n) is 2.51. The summed E-state index contributed by atoms with van der Waals surface area (Å²) in [5.41, 5.74) is 0.474. The van der Waals surface area contributed by atoms with E-state index < -0.39 is 6.10 Å². The summed E-state index contributed by atoms with van der Waals surface area (Å²) in [7, 11) is 0. The number of hydrogen-bond donors (Lipinski definition) is 2. The Balaban J connectivity index is 1.38. The van der Waals surface area contributed by atoms with Gasteiger partial charge >= 0.3 is 0 Å². The monoisotopic (exact) mass is 373 g/mol. The Morgan fingerprint density at radius 1 is 1.16 bits per heavy atom. The first kappa shape index (κ1) is 16.1.